The second kappa shape index (κ2) is 8.92. The van der Waals surface area contributed by atoms with E-state index < -0.39 is 28.8 Å². The van der Waals surface area contributed by atoms with Gasteiger partial charge in [-0.2, -0.15) is 17.6 Å². The summed E-state index contributed by atoms with van der Waals surface area (Å²) in [5.41, 5.74) is -1.34. The molecule has 0 aliphatic heterocycles. The molecule has 148 valence electrons. The van der Waals surface area contributed by atoms with Crippen LogP contribution >= 0.6 is 11.8 Å². The predicted octanol–water partition coefficient (Wildman–Crippen LogP) is 5.22. The van der Waals surface area contributed by atoms with E-state index in [0.717, 1.165) is 7.11 Å². The summed E-state index contributed by atoms with van der Waals surface area (Å²) in [6.45, 7) is 1.50. The van der Waals surface area contributed by atoms with Crippen LogP contribution < -0.4 is 4.74 Å². The quantitative estimate of drug-likeness (QED) is 0.221. The Kier molecular flexibility index (Phi) is 6.85. The molecule has 2 aromatic rings. The molecule has 2 aromatic carbocycles. The van der Waals surface area contributed by atoms with Crippen molar-refractivity contribution in [3.8, 4) is 5.75 Å². The van der Waals surface area contributed by atoms with Crippen LogP contribution in [0.1, 0.15) is 15.9 Å². The number of esters is 2. The first-order valence-electron chi connectivity index (χ1n) is 7.74. The van der Waals surface area contributed by atoms with Gasteiger partial charge in [-0.15, -0.1) is 0 Å². The molecule has 0 saturated heterocycles. The third kappa shape index (κ3) is 5.35. The molecule has 0 heterocycles. The van der Waals surface area contributed by atoms with Gasteiger partial charge in [-0.1, -0.05) is 30.0 Å². The number of aryl methyl sites for hydroxylation is 1. The van der Waals surface area contributed by atoms with Crippen LogP contribution in [0, 0.1) is 6.92 Å². The van der Waals surface area contributed by atoms with Gasteiger partial charge in [0.1, 0.15) is 5.75 Å². The first-order chi connectivity index (χ1) is 13.1. The molecule has 0 radical (unpaired) electrons. The minimum atomic E-state index is -5.21. The molecule has 2 rings (SSSR count). The van der Waals surface area contributed by atoms with Gasteiger partial charge in [0.05, 0.1) is 12.7 Å². The molecular formula is C19H14F4O4S. The van der Waals surface area contributed by atoms with Gasteiger partial charge >= 0.3 is 18.1 Å². The summed E-state index contributed by atoms with van der Waals surface area (Å²) in [6.07, 6.45) is -5.21. The molecule has 0 aromatic heterocycles. The van der Waals surface area contributed by atoms with Crippen molar-refractivity contribution in [1.82, 2.24) is 0 Å². The number of hydrogen-bond acceptors (Lipinski definition) is 5. The third-order valence-electron chi connectivity index (χ3n) is 3.44. The summed E-state index contributed by atoms with van der Waals surface area (Å²) >= 11 is 0.124. The van der Waals surface area contributed by atoms with Crippen LogP contribution in [0.2, 0.25) is 0 Å². The zero-order chi connectivity index (χ0) is 20.9. The zero-order valence-corrected chi connectivity index (χ0v) is 15.5. The smallest absolute Gasteiger partial charge is 0.426 e. The summed E-state index contributed by atoms with van der Waals surface area (Å²) in [5, 5.41) is -1.74. The Morgan fingerprint density at radius 3 is 2.21 bits per heavy atom. The number of alkyl halides is 3. The number of methoxy groups -OCH3 is 1. The normalized spacial score (nSPS) is 12.2. The van der Waals surface area contributed by atoms with Gasteiger partial charge in [-0.05, 0) is 42.8 Å². The van der Waals surface area contributed by atoms with E-state index in [4.69, 9.17) is 4.74 Å². The zero-order valence-electron chi connectivity index (χ0n) is 14.7. The van der Waals surface area contributed by atoms with E-state index in [1.165, 1.54) is 25.1 Å². The molecular weight excluding hydrogens is 400 g/mol. The highest BCUT2D eigenvalue weighted by atomic mass is 32.2. The molecule has 0 N–H and O–H groups in total. The first-order valence-corrected chi connectivity index (χ1v) is 8.56. The maximum absolute atomic E-state index is 14.1. The minimum absolute atomic E-state index is 0.114. The van der Waals surface area contributed by atoms with Gasteiger partial charge in [0.2, 0.25) is 0 Å². The molecule has 0 aliphatic rings. The number of rotatable bonds is 5. The SMILES string of the molecule is COC(=O)C(=C(F)Sc1ccc(OC(=O)c2ccccc2)cc1C)C(F)(F)F. The number of benzene rings is 2. The van der Waals surface area contributed by atoms with Crippen molar-refractivity contribution in [1.29, 1.82) is 0 Å². The fourth-order valence-corrected chi connectivity index (χ4v) is 2.95. The maximum Gasteiger partial charge on any atom is 0.426 e. The fraction of sp³-hybridized carbons (Fsp3) is 0.158. The predicted molar refractivity (Wildman–Crippen MR) is 94.6 cm³/mol. The van der Waals surface area contributed by atoms with Crippen LogP contribution in [0.25, 0.3) is 0 Å². The maximum atomic E-state index is 14.1. The summed E-state index contributed by atoms with van der Waals surface area (Å²) in [5.74, 6) is -2.29. The number of ether oxygens (including phenoxy) is 2. The van der Waals surface area contributed by atoms with Gasteiger partial charge in [0.25, 0.3) is 0 Å². The van der Waals surface area contributed by atoms with Crippen molar-refractivity contribution in [2.75, 3.05) is 7.11 Å². The van der Waals surface area contributed by atoms with E-state index >= 15 is 0 Å². The summed E-state index contributed by atoms with van der Waals surface area (Å²) in [4.78, 5) is 23.4. The van der Waals surface area contributed by atoms with Gasteiger partial charge in [0.15, 0.2) is 10.7 Å². The molecule has 4 nitrogen and oxygen atoms in total. The van der Waals surface area contributed by atoms with E-state index in [1.807, 2.05) is 0 Å². The Hall–Kier alpha value is -2.81. The Morgan fingerprint density at radius 1 is 1.04 bits per heavy atom. The highest BCUT2D eigenvalue weighted by molar-refractivity contribution is 8.03. The number of hydrogen-bond donors (Lipinski definition) is 0. The van der Waals surface area contributed by atoms with Crippen molar-refractivity contribution in [2.24, 2.45) is 0 Å². The fourth-order valence-electron chi connectivity index (χ4n) is 2.10. The Bertz CT molecular complexity index is 908. The lowest BCUT2D eigenvalue weighted by atomic mass is 10.2. The van der Waals surface area contributed by atoms with Crippen molar-refractivity contribution in [2.45, 2.75) is 18.0 Å². The topological polar surface area (TPSA) is 52.6 Å². The molecule has 0 fully saturated rings. The number of carbonyl (C=O) groups excluding carboxylic acids is 2. The molecule has 28 heavy (non-hydrogen) atoms. The standard InChI is InChI=1S/C19H14F4O4S/c1-11-10-13(27-17(24)12-6-4-3-5-7-12)8-9-14(11)28-16(20)15(18(25)26-2)19(21,22)23/h3-10H,1-2H3. The van der Waals surface area contributed by atoms with Crippen LogP contribution in [-0.4, -0.2) is 25.2 Å². The van der Waals surface area contributed by atoms with Crippen molar-refractivity contribution >= 4 is 23.7 Å². The van der Waals surface area contributed by atoms with E-state index in [-0.39, 0.29) is 22.4 Å². The Morgan fingerprint density at radius 2 is 1.68 bits per heavy atom. The molecule has 9 heteroatoms. The number of thioether (sulfide) groups is 1. The number of carbonyl (C=O) groups is 2. The largest absolute Gasteiger partial charge is 0.465 e. The van der Waals surface area contributed by atoms with E-state index in [0.29, 0.717) is 11.1 Å². The molecule has 0 unspecified atom stereocenters. The minimum Gasteiger partial charge on any atom is -0.465 e. The van der Waals surface area contributed by atoms with Crippen LogP contribution in [0.4, 0.5) is 17.6 Å². The number of halogens is 4. The second-order valence-corrected chi connectivity index (χ2v) is 6.43. The first kappa shape index (κ1) is 21.5. The Balaban J connectivity index is 2.23. The average Bonchev–Trinajstić information content (AvgIpc) is 2.63. The molecule has 0 amide bonds. The van der Waals surface area contributed by atoms with Gasteiger partial charge in [-0.3, -0.25) is 0 Å². The highest BCUT2D eigenvalue weighted by Gasteiger charge is 2.43. The average molecular weight is 414 g/mol. The molecule has 0 saturated carbocycles. The summed E-state index contributed by atoms with van der Waals surface area (Å²) in [6, 6.07) is 12.2. The third-order valence-corrected chi connectivity index (χ3v) is 4.50. The van der Waals surface area contributed by atoms with E-state index in [9.17, 15) is 27.2 Å². The van der Waals surface area contributed by atoms with Gasteiger partial charge in [-0.25, -0.2) is 9.59 Å². The van der Waals surface area contributed by atoms with Crippen molar-refractivity contribution in [3.05, 3.63) is 70.4 Å². The Labute approximate surface area is 162 Å². The van der Waals surface area contributed by atoms with Crippen molar-refractivity contribution in [3.63, 3.8) is 0 Å². The van der Waals surface area contributed by atoms with Crippen LogP contribution in [0.5, 0.6) is 5.75 Å². The lowest BCUT2D eigenvalue weighted by Gasteiger charge is -2.12. The molecule has 0 atom stereocenters. The lowest BCUT2D eigenvalue weighted by Crippen LogP contribution is -2.22. The highest BCUT2D eigenvalue weighted by Crippen LogP contribution is 2.39. The van der Waals surface area contributed by atoms with Gasteiger partial charge < -0.3 is 9.47 Å². The van der Waals surface area contributed by atoms with E-state index in [1.54, 1.807) is 30.3 Å². The van der Waals surface area contributed by atoms with Gasteiger partial charge in [0, 0.05) is 4.90 Å². The van der Waals surface area contributed by atoms with Crippen LogP contribution in [0.15, 0.2) is 64.2 Å². The monoisotopic (exact) mass is 414 g/mol. The lowest BCUT2D eigenvalue weighted by molar-refractivity contribution is -0.148. The van der Waals surface area contributed by atoms with E-state index in [2.05, 4.69) is 4.74 Å². The summed E-state index contributed by atoms with van der Waals surface area (Å²) < 4.78 is 62.1. The molecule has 0 bridgehead atoms. The van der Waals surface area contributed by atoms with Crippen LogP contribution in [-0.2, 0) is 9.53 Å². The summed E-state index contributed by atoms with van der Waals surface area (Å²) in [7, 11) is 0.729. The second-order valence-electron chi connectivity index (χ2n) is 5.42. The molecule has 0 aliphatic carbocycles. The molecule has 0 spiro atoms. The van der Waals surface area contributed by atoms with Crippen LogP contribution in [0.3, 0.4) is 0 Å². The van der Waals surface area contributed by atoms with Crippen molar-refractivity contribution < 1.29 is 36.6 Å².